The molecule has 0 bridgehead atoms. The third kappa shape index (κ3) is 4.64. The van der Waals surface area contributed by atoms with Crippen LogP contribution in [0.3, 0.4) is 0 Å². The van der Waals surface area contributed by atoms with Crippen molar-refractivity contribution in [3.05, 3.63) is 64.1 Å². The molecule has 0 atom stereocenters. The van der Waals surface area contributed by atoms with Crippen molar-refractivity contribution in [2.75, 3.05) is 13.7 Å². The van der Waals surface area contributed by atoms with Gasteiger partial charge >= 0.3 is 0 Å². The fourth-order valence-corrected chi connectivity index (χ4v) is 3.56. The Hall–Kier alpha value is -3.70. The number of carbonyl (C=O) groups is 3. The number of benzene rings is 2. The fraction of sp³-hybridized carbons (Fsp3) is 0.136. The zero-order valence-electron chi connectivity index (χ0n) is 15.9. The molecule has 1 saturated heterocycles. The van der Waals surface area contributed by atoms with Crippen LogP contribution in [0.15, 0.2) is 47.4 Å². The molecule has 0 saturated carbocycles. The molecule has 1 heterocycles. The summed E-state index contributed by atoms with van der Waals surface area (Å²) in [5, 5.41) is 10.6. The van der Waals surface area contributed by atoms with E-state index in [9.17, 15) is 19.5 Å². The highest BCUT2D eigenvalue weighted by molar-refractivity contribution is 8.18. The minimum absolute atomic E-state index is 0.0668. The summed E-state index contributed by atoms with van der Waals surface area (Å²) in [6.07, 6.45) is 6.77. The fourth-order valence-electron chi connectivity index (χ4n) is 2.72. The van der Waals surface area contributed by atoms with Crippen LogP contribution in [0.1, 0.15) is 21.5 Å². The molecule has 2 aromatic carbocycles. The number of methoxy groups -OCH3 is 1. The van der Waals surface area contributed by atoms with Crippen LogP contribution in [0, 0.1) is 12.3 Å². The molecular weight excluding hydrogens is 406 g/mol. The van der Waals surface area contributed by atoms with E-state index in [0.29, 0.717) is 22.6 Å². The minimum Gasteiger partial charge on any atom is -0.545 e. The van der Waals surface area contributed by atoms with Gasteiger partial charge in [0.2, 0.25) is 0 Å². The second kappa shape index (κ2) is 9.20. The van der Waals surface area contributed by atoms with Crippen molar-refractivity contribution < 1.29 is 29.0 Å². The van der Waals surface area contributed by atoms with E-state index in [1.165, 1.54) is 19.2 Å². The van der Waals surface area contributed by atoms with Gasteiger partial charge in [-0.15, -0.1) is 6.42 Å². The van der Waals surface area contributed by atoms with Gasteiger partial charge in [-0.25, -0.2) is 0 Å². The Balaban J connectivity index is 1.76. The molecule has 1 aliphatic heterocycles. The third-order valence-electron chi connectivity index (χ3n) is 4.17. The number of hydrogen-bond donors (Lipinski definition) is 0. The molecule has 0 N–H and O–H groups in total. The molecule has 7 nitrogen and oxygen atoms in total. The normalized spacial score (nSPS) is 14.7. The van der Waals surface area contributed by atoms with Crippen molar-refractivity contribution in [3.63, 3.8) is 0 Å². The largest absolute Gasteiger partial charge is 0.545 e. The van der Waals surface area contributed by atoms with Crippen molar-refractivity contribution in [1.29, 1.82) is 0 Å². The zero-order valence-corrected chi connectivity index (χ0v) is 16.7. The number of aromatic carboxylic acids is 1. The highest BCUT2D eigenvalue weighted by atomic mass is 32.2. The van der Waals surface area contributed by atoms with Crippen LogP contribution in [0.4, 0.5) is 4.79 Å². The summed E-state index contributed by atoms with van der Waals surface area (Å²) in [5.41, 5.74) is 1.37. The molecule has 0 aliphatic carbocycles. The van der Waals surface area contributed by atoms with Crippen LogP contribution in [-0.4, -0.2) is 35.7 Å². The average Bonchev–Trinajstić information content (AvgIpc) is 3.00. The first-order valence-electron chi connectivity index (χ1n) is 8.73. The number of carboxylic acids is 1. The van der Waals surface area contributed by atoms with E-state index in [1.54, 1.807) is 36.4 Å². The van der Waals surface area contributed by atoms with Crippen LogP contribution in [0.2, 0.25) is 0 Å². The third-order valence-corrected chi connectivity index (χ3v) is 5.07. The standard InChI is InChI=1S/C22H17NO6S/c1-3-9-23-20(24)19(30-22(23)27)12-14-7-8-17(18(11-14)28-2)29-13-15-5-4-6-16(10-15)21(25)26/h1,4-8,10-12H,9,13H2,2H3,(H,25,26)/p-1/b19-12+. The van der Waals surface area contributed by atoms with Crippen LogP contribution in [-0.2, 0) is 11.4 Å². The highest BCUT2D eigenvalue weighted by Crippen LogP contribution is 2.34. The maximum Gasteiger partial charge on any atom is 0.294 e. The molecule has 0 unspecified atom stereocenters. The summed E-state index contributed by atoms with van der Waals surface area (Å²) in [6.45, 7) is 0.0546. The smallest absolute Gasteiger partial charge is 0.294 e. The topological polar surface area (TPSA) is 96.0 Å². The Morgan fingerprint density at radius 2 is 2.03 bits per heavy atom. The van der Waals surface area contributed by atoms with Crippen LogP contribution in [0.25, 0.3) is 6.08 Å². The molecule has 152 valence electrons. The van der Waals surface area contributed by atoms with Gasteiger partial charge < -0.3 is 19.4 Å². The predicted molar refractivity (Wildman–Crippen MR) is 110 cm³/mol. The maximum atomic E-state index is 12.3. The predicted octanol–water partition coefficient (Wildman–Crippen LogP) is 2.31. The Kier molecular flexibility index (Phi) is 6.45. The van der Waals surface area contributed by atoms with Crippen LogP contribution in [0.5, 0.6) is 11.5 Å². The number of nitrogens with zero attached hydrogens (tertiary/aromatic N) is 1. The Bertz CT molecular complexity index is 1090. The zero-order chi connectivity index (χ0) is 21.7. The van der Waals surface area contributed by atoms with Crippen molar-refractivity contribution >= 4 is 35.0 Å². The van der Waals surface area contributed by atoms with Crippen molar-refractivity contribution in [1.82, 2.24) is 4.90 Å². The van der Waals surface area contributed by atoms with Gasteiger partial charge in [-0.2, -0.15) is 0 Å². The maximum absolute atomic E-state index is 12.3. The Labute approximate surface area is 177 Å². The molecule has 1 aliphatic rings. The quantitative estimate of drug-likeness (QED) is 0.499. The molecule has 0 radical (unpaired) electrons. The van der Waals surface area contributed by atoms with Crippen molar-refractivity contribution in [2.45, 2.75) is 6.61 Å². The van der Waals surface area contributed by atoms with E-state index in [4.69, 9.17) is 15.9 Å². The first kappa shape index (κ1) is 21.0. The summed E-state index contributed by atoms with van der Waals surface area (Å²) >= 11 is 0.823. The van der Waals surface area contributed by atoms with E-state index in [-0.39, 0.29) is 23.6 Å². The molecule has 3 rings (SSSR count). The van der Waals surface area contributed by atoms with Gasteiger partial charge in [0.1, 0.15) is 6.61 Å². The van der Waals surface area contributed by atoms with Crippen molar-refractivity contribution in [2.24, 2.45) is 0 Å². The van der Waals surface area contributed by atoms with Crippen molar-refractivity contribution in [3.8, 4) is 23.8 Å². The number of ether oxygens (including phenoxy) is 2. The van der Waals surface area contributed by atoms with E-state index in [2.05, 4.69) is 5.92 Å². The van der Waals surface area contributed by atoms with E-state index in [0.717, 1.165) is 16.7 Å². The second-order valence-corrected chi connectivity index (χ2v) is 7.15. The second-order valence-electron chi connectivity index (χ2n) is 6.16. The summed E-state index contributed by atoms with van der Waals surface area (Å²) in [6, 6.07) is 11.3. The first-order chi connectivity index (χ1) is 14.4. The number of carbonyl (C=O) groups excluding carboxylic acids is 3. The number of terminal acetylenes is 1. The van der Waals surface area contributed by atoms with E-state index in [1.807, 2.05) is 0 Å². The molecule has 2 amide bonds. The number of rotatable bonds is 7. The number of carboxylic acid groups (broad SMARTS) is 1. The number of imide groups is 1. The van der Waals surface area contributed by atoms with Crippen LogP contribution < -0.4 is 14.6 Å². The molecular formula is C22H16NO6S-. The number of hydrogen-bond acceptors (Lipinski definition) is 7. The van der Waals surface area contributed by atoms with Gasteiger partial charge in [0.15, 0.2) is 11.5 Å². The van der Waals surface area contributed by atoms with Gasteiger partial charge in [-0.05, 0) is 52.7 Å². The molecule has 8 heteroatoms. The summed E-state index contributed by atoms with van der Waals surface area (Å²) in [5.74, 6) is 1.45. The highest BCUT2D eigenvalue weighted by Gasteiger charge is 2.34. The number of thioether (sulfide) groups is 1. The average molecular weight is 422 g/mol. The Morgan fingerprint density at radius 1 is 1.23 bits per heavy atom. The van der Waals surface area contributed by atoms with Gasteiger partial charge in [-0.1, -0.05) is 30.2 Å². The van der Waals surface area contributed by atoms with Gasteiger partial charge in [0, 0.05) is 0 Å². The monoisotopic (exact) mass is 422 g/mol. The van der Waals surface area contributed by atoms with Crippen LogP contribution >= 0.6 is 11.8 Å². The molecule has 2 aromatic rings. The van der Waals surface area contributed by atoms with Gasteiger partial charge in [0.05, 0.1) is 24.5 Å². The molecule has 30 heavy (non-hydrogen) atoms. The summed E-state index contributed by atoms with van der Waals surface area (Å²) < 4.78 is 11.1. The van der Waals surface area contributed by atoms with Gasteiger partial charge in [0.25, 0.3) is 11.1 Å². The molecule has 1 fully saturated rings. The molecule has 0 spiro atoms. The SMILES string of the molecule is C#CCN1C(=O)S/C(=C/c2ccc(OCc3cccc(C(=O)[O-])c3)c(OC)c2)C1=O. The minimum atomic E-state index is -1.26. The van der Waals surface area contributed by atoms with E-state index >= 15 is 0 Å². The Morgan fingerprint density at radius 3 is 2.73 bits per heavy atom. The lowest BCUT2D eigenvalue weighted by Gasteiger charge is -2.12. The lowest BCUT2D eigenvalue weighted by Crippen LogP contribution is -2.28. The van der Waals surface area contributed by atoms with Gasteiger partial charge in [-0.3, -0.25) is 14.5 Å². The lowest BCUT2D eigenvalue weighted by molar-refractivity contribution is -0.255. The molecule has 0 aromatic heterocycles. The lowest BCUT2D eigenvalue weighted by atomic mass is 10.1. The first-order valence-corrected chi connectivity index (χ1v) is 9.54. The summed E-state index contributed by atoms with van der Waals surface area (Å²) in [4.78, 5) is 36.4. The number of amides is 2. The van der Waals surface area contributed by atoms with E-state index < -0.39 is 17.1 Å². The summed E-state index contributed by atoms with van der Waals surface area (Å²) in [7, 11) is 1.48.